The highest BCUT2D eigenvalue weighted by Crippen LogP contribution is 2.14. The van der Waals surface area contributed by atoms with Crippen molar-refractivity contribution in [2.75, 3.05) is 43.9 Å². The second-order valence-corrected chi connectivity index (χ2v) is 6.05. The summed E-state index contributed by atoms with van der Waals surface area (Å²) in [5, 5.41) is 6.59. The van der Waals surface area contributed by atoms with Crippen molar-refractivity contribution in [3.05, 3.63) is 11.9 Å². The van der Waals surface area contributed by atoms with Crippen molar-refractivity contribution in [3.63, 3.8) is 0 Å². The summed E-state index contributed by atoms with van der Waals surface area (Å²) in [6.45, 7) is 9.13. The Balaban J connectivity index is 1.87. The van der Waals surface area contributed by atoms with Crippen LogP contribution < -0.4 is 10.6 Å². The number of aryl methyl sites for hydroxylation is 1. The number of hydrogen-bond acceptors (Lipinski definition) is 5. The molecule has 21 heavy (non-hydrogen) atoms. The Morgan fingerprint density at radius 3 is 2.62 bits per heavy atom. The molecule has 1 aromatic rings. The van der Waals surface area contributed by atoms with Gasteiger partial charge in [0.2, 0.25) is 0 Å². The van der Waals surface area contributed by atoms with Crippen molar-refractivity contribution >= 4 is 11.6 Å². The lowest BCUT2D eigenvalue weighted by molar-refractivity contribution is 0.294. The molecular formula is C16H29N5. The van der Waals surface area contributed by atoms with Crippen molar-refractivity contribution in [3.8, 4) is 0 Å². The van der Waals surface area contributed by atoms with Crippen LogP contribution in [0.2, 0.25) is 0 Å². The summed E-state index contributed by atoms with van der Waals surface area (Å²) >= 11 is 0. The predicted octanol–water partition coefficient (Wildman–Crippen LogP) is 2.61. The van der Waals surface area contributed by atoms with Gasteiger partial charge in [-0.15, -0.1) is 0 Å². The highest BCUT2D eigenvalue weighted by atomic mass is 15.1. The van der Waals surface area contributed by atoms with Crippen LogP contribution in [0, 0.1) is 5.92 Å². The topological polar surface area (TPSA) is 53.1 Å². The van der Waals surface area contributed by atoms with E-state index in [1.54, 1.807) is 0 Å². The lowest BCUT2D eigenvalue weighted by Crippen LogP contribution is -2.29. The third-order valence-corrected chi connectivity index (χ3v) is 3.90. The van der Waals surface area contributed by atoms with Crippen molar-refractivity contribution in [2.45, 2.75) is 39.5 Å². The van der Waals surface area contributed by atoms with Crippen LogP contribution in [0.5, 0.6) is 0 Å². The third kappa shape index (κ3) is 5.16. The van der Waals surface area contributed by atoms with Gasteiger partial charge in [-0.3, -0.25) is 0 Å². The molecule has 2 heterocycles. The highest BCUT2D eigenvalue weighted by Gasteiger charge is 2.14. The second-order valence-electron chi connectivity index (χ2n) is 6.05. The third-order valence-electron chi connectivity index (χ3n) is 3.90. The zero-order valence-electron chi connectivity index (χ0n) is 13.7. The van der Waals surface area contributed by atoms with Gasteiger partial charge in [0, 0.05) is 32.6 Å². The normalized spacial score (nSPS) is 16.9. The van der Waals surface area contributed by atoms with Gasteiger partial charge in [-0.2, -0.15) is 0 Å². The summed E-state index contributed by atoms with van der Waals surface area (Å²) < 4.78 is 0. The summed E-state index contributed by atoms with van der Waals surface area (Å²) in [7, 11) is 1.90. The molecule has 1 aliphatic rings. The molecule has 1 aromatic heterocycles. The van der Waals surface area contributed by atoms with Crippen LogP contribution in [-0.4, -0.2) is 48.1 Å². The molecule has 0 bridgehead atoms. The molecule has 2 N–H and O–H groups in total. The molecule has 1 aliphatic heterocycles. The molecule has 0 radical (unpaired) electrons. The maximum Gasteiger partial charge on any atom is 0.133 e. The molecule has 5 nitrogen and oxygen atoms in total. The van der Waals surface area contributed by atoms with Gasteiger partial charge >= 0.3 is 0 Å². The fourth-order valence-corrected chi connectivity index (χ4v) is 2.80. The first kappa shape index (κ1) is 16.0. The van der Waals surface area contributed by atoms with Crippen LogP contribution in [0.4, 0.5) is 11.6 Å². The first-order chi connectivity index (χ1) is 10.2. The van der Waals surface area contributed by atoms with Gasteiger partial charge < -0.3 is 15.5 Å². The molecule has 0 aromatic carbocycles. The van der Waals surface area contributed by atoms with Crippen LogP contribution in [0.1, 0.15) is 38.9 Å². The Morgan fingerprint density at radius 2 is 1.95 bits per heavy atom. The summed E-state index contributed by atoms with van der Waals surface area (Å²) in [6.07, 6.45) is 4.71. The van der Waals surface area contributed by atoms with Gasteiger partial charge in [-0.25, -0.2) is 9.97 Å². The summed E-state index contributed by atoms with van der Waals surface area (Å²) in [5.41, 5.74) is 0. The number of nitrogens with one attached hydrogen (secondary N) is 2. The zero-order valence-corrected chi connectivity index (χ0v) is 13.7. The fraction of sp³-hybridized carbons (Fsp3) is 0.750. The van der Waals surface area contributed by atoms with E-state index in [0.717, 1.165) is 36.8 Å². The minimum Gasteiger partial charge on any atom is -0.373 e. The molecule has 0 saturated carbocycles. The Hall–Kier alpha value is -1.36. The van der Waals surface area contributed by atoms with Gasteiger partial charge in [0.1, 0.15) is 17.5 Å². The van der Waals surface area contributed by atoms with Crippen molar-refractivity contribution in [1.82, 2.24) is 14.9 Å². The molecule has 1 saturated heterocycles. The first-order valence-electron chi connectivity index (χ1n) is 8.23. The zero-order chi connectivity index (χ0) is 15.1. The van der Waals surface area contributed by atoms with E-state index in [4.69, 9.17) is 0 Å². The van der Waals surface area contributed by atoms with Gasteiger partial charge in [0.05, 0.1) is 0 Å². The van der Waals surface area contributed by atoms with Crippen LogP contribution in [0.15, 0.2) is 6.07 Å². The Labute approximate surface area is 128 Å². The monoisotopic (exact) mass is 291 g/mol. The van der Waals surface area contributed by atoms with E-state index in [1.807, 2.05) is 13.1 Å². The smallest absolute Gasteiger partial charge is 0.133 e. The lowest BCUT2D eigenvalue weighted by Gasteiger charge is -2.20. The Morgan fingerprint density at radius 1 is 1.24 bits per heavy atom. The maximum absolute atomic E-state index is 4.60. The number of aromatic nitrogens is 2. The van der Waals surface area contributed by atoms with Gasteiger partial charge in [0.15, 0.2) is 0 Å². The molecule has 1 fully saturated rings. The van der Waals surface area contributed by atoms with Crippen molar-refractivity contribution < 1.29 is 0 Å². The van der Waals surface area contributed by atoms with Crippen LogP contribution in [0.25, 0.3) is 0 Å². The fourth-order valence-electron chi connectivity index (χ4n) is 2.80. The van der Waals surface area contributed by atoms with Crippen molar-refractivity contribution in [2.24, 2.45) is 5.92 Å². The van der Waals surface area contributed by atoms with Crippen LogP contribution in [0.3, 0.4) is 0 Å². The molecule has 118 valence electrons. The van der Waals surface area contributed by atoms with E-state index >= 15 is 0 Å². The average Bonchev–Trinajstić information content (AvgIpc) is 2.98. The van der Waals surface area contributed by atoms with E-state index < -0.39 is 0 Å². The molecule has 0 aliphatic carbocycles. The van der Waals surface area contributed by atoms with Gasteiger partial charge in [-0.1, -0.05) is 13.8 Å². The highest BCUT2D eigenvalue weighted by molar-refractivity contribution is 5.47. The lowest BCUT2D eigenvalue weighted by atomic mass is 10.1. The number of rotatable bonds is 8. The Kier molecular flexibility index (Phi) is 6.23. The van der Waals surface area contributed by atoms with E-state index in [-0.39, 0.29) is 0 Å². The summed E-state index contributed by atoms with van der Waals surface area (Å²) in [5.74, 6) is 3.37. The quantitative estimate of drug-likeness (QED) is 0.771. The number of nitrogens with zero attached hydrogens (tertiary/aromatic N) is 3. The minimum absolute atomic E-state index is 0.630. The largest absolute Gasteiger partial charge is 0.373 e. The molecule has 1 atom stereocenters. The SMILES string of the molecule is CCCc1nc(NC)cc(NCC(C)CN2CCCC2)n1. The molecule has 2 rings (SSSR count). The van der Waals surface area contributed by atoms with E-state index in [1.165, 1.54) is 32.5 Å². The number of likely N-dealkylation sites (tertiary alicyclic amines) is 1. The van der Waals surface area contributed by atoms with E-state index in [9.17, 15) is 0 Å². The standard InChI is InChI=1S/C16H29N5/c1-4-7-14-19-15(17-3)10-16(20-14)18-11-13(2)12-21-8-5-6-9-21/h10,13H,4-9,11-12H2,1-3H3,(H2,17,18,19,20). The van der Waals surface area contributed by atoms with E-state index in [0.29, 0.717) is 5.92 Å². The molecule has 1 unspecified atom stereocenters. The first-order valence-corrected chi connectivity index (χ1v) is 8.23. The minimum atomic E-state index is 0.630. The predicted molar refractivity (Wildman–Crippen MR) is 88.9 cm³/mol. The van der Waals surface area contributed by atoms with Crippen LogP contribution >= 0.6 is 0 Å². The Bertz CT molecular complexity index is 429. The maximum atomic E-state index is 4.60. The molecule has 0 amide bonds. The average molecular weight is 291 g/mol. The van der Waals surface area contributed by atoms with Gasteiger partial charge in [0.25, 0.3) is 0 Å². The van der Waals surface area contributed by atoms with Crippen molar-refractivity contribution in [1.29, 1.82) is 0 Å². The van der Waals surface area contributed by atoms with Gasteiger partial charge in [-0.05, 0) is 38.3 Å². The van der Waals surface area contributed by atoms with E-state index in [2.05, 4.69) is 39.3 Å². The molecule has 5 heteroatoms. The molecule has 0 spiro atoms. The second kappa shape index (κ2) is 8.17. The summed E-state index contributed by atoms with van der Waals surface area (Å²) in [4.78, 5) is 11.6. The summed E-state index contributed by atoms with van der Waals surface area (Å²) in [6, 6.07) is 1.99. The number of anilines is 2. The molecular weight excluding hydrogens is 262 g/mol. The van der Waals surface area contributed by atoms with Crippen LogP contribution in [-0.2, 0) is 6.42 Å². The number of hydrogen-bond donors (Lipinski definition) is 2.